The molecule has 0 amide bonds. The van der Waals surface area contributed by atoms with Crippen LogP contribution in [0.2, 0.25) is 0 Å². The predicted octanol–water partition coefficient (Wildman–Crippen LogP) is 3.39. The molecule has 8 nitrogen and oxygen atoms in total. The van der Waals surface area contributed by atoms with Crippen LogP contribution in [0.4, 0.5) is 5.82 Å². The fraction of sp³-hybridized carbons (Fsp3) is 0.545. The standard InChI is InChI=1S/C22H31N7OS/c1-16-12-26-18(13-25-16)9-11-31(30,23-2)14-17-4-6-19(7-5-17)29(3)22-20-8-10-24-21(20)27-15-28-22/h8,10,12-13,15,17,19H,4-7,9,11,14H2,1-3H3,(H,24,27,28). The minimum atomic E-state index is -2.23. The highest BCUT2D eigenvalue weighted by atomic mass is 32.2. The van der Waals surface area contributed by atoms with E-state index in [4.69, 9.17) is 0 Å². The first-order valence-electron chi connectivity index (χ1n) is 10.9. The van der Waals surface area contributed by atoms with Gasteiger partial charge in [0, 0.05) is 66.4 Å². The number of aryl methyl sites for hydroxylation is 2. The van der Waals surface area contributed by atoms with E-state index in [1.807, 2.05) is 19.2 Å². The molecule has 0 aromatic carbocycles. The second kappa shape index (κ2) is 9.30. The molecule has 0 radical (unpaired) electrons. The van der Waals surface area contributed by atoms with E-state index in [1.165, 1.54) is 0 Å². The molecule has 0 spiro atoms. The Morgan fingerprint density at radius 1 is 1.16 bits per heavy atom. The maximum Gasteiger partial charge on any atom is 0.142 e. The number of hydrogen-bond donors (Lipinski definition) is 1. The van der Waals surface area contributed by atoms with Crippen molar-refractivity contribution in [3.8, 4) is 0 Å². The van der Waals surface area contributed by atoms with Crippen LogP contribution < -0.4 is 4.90 Å². The van der Waals surface area contributed by atoms with Gasteiger partial charge in [-0.2, -0.15) is 0 Å². The summed E-state index contributed by atoms with van der Waals surface area (Å²) in [4.78, 5) is 22.9. The maximum absolute atomic E-state index is 13.4. The van der Waals surface area contributed by atoms with Gasteiger partial charge >= 0.3 is 0 Å². The van der Waals surface area contributed by atoms with Crippen molar-refractivity contribution in [2.24, 2.45) is 10.3 Å². The number of aromatic amines is 1. The zero-order valence-electron chi connectivity index (χ0n) is 18.5. The molecule has 0 saturated heterocycles. The molecule has 3 heterocycles. The van der Waals surface area contributed by atoms with Crippen LogP contribution in [0.15, 0.2) is 35.3 Å². The Kier molecular flexibility index (Phi) is 6.50. The smallest absolute Gasteiger partial charge is 0.142 e. The van der Waals surface area contributed by atoms with Crippen molar-refractivity contribution in [3.05, 3.63) is 42.4 Å². The number of anilines is 1. The Hall–Kier alpha value is -2.55. The number of fused-ring (bicyclic) bond motifs is 1. The molecule has 166 valence electrons. The first kappa shape index (κ1) is 21.7. The third-order valence-electron chi connectivity index (χ3n) is 6.37. The first-order valence-corrected chi connectivity index (χ1v) is 12.7. The van der Waals surface area contributed by atoms with Crippen molar-refractivity contribution in [2.75, 3.05) is 30.5 Å². The van der Waals surface area contributed by atoms with E-state index in [9.17, 15) is 4.21 Å². The van der Waals surface area contributed by atoms with E-state index in [1.54, 1.807) is 25.8 Å². The van der Waals surface area contributed by atoms with Crippen LogP contribution >= 0.6 is 0 Å². The maximum atomic E-state index is 13.4. The minimum Gasteiger partial charge on any atom is -0.356 e. The van der Waals surface area contributed by atoms with Gasteiger partial charge in [-0.1, -0.05) is 0 Å². The number of aromatic nitrogens is 5. The highest BCUT2D eigenvalue weighted by molar-refractivity contribution is 7.93. The summed E-state index contributed by atoms with van der Waals surface area (Å²) in [5.74, 6) is 2.64. The molecule has 1 aliphatic carbocycles. The Labute approximate surface area is 184 Å². The van der Waals surface area contributed by atoms with Gasteiger partial charge in [0.2, 0.25) is 0 Å². The summed E-state index contributed by atoms with van der Waals surface area (Å²) in [5, 5.41) is 1.05. The van der Waals surface area contributed by atoms with Gasteiger partial charge in [-0.25, -0.2) is 18.5 Å². The van der Waals surface area contributed by atoms with Crippen molar-refractivity contribution < 1.29 is 4.21 Å². The number of nitrogens with one attached hydrogen (secondary N) is 1. The van der Waals surface area contributed by atoms with E-state index >= 15 is 0 Å². The number of rotatable bonds is 7. The molecule has 0 bridgehead atoms. The zero-order chi connectivity index (χ0) is 21.8. The van der Waals surface area contributed by atoms with Gasteiger partial charge < -0.3 is 9.88 Å². The molecule has 1 aliphatic rings. The molecule has 31 heavy (non-hydrogen) atoms. The number of hydrogen-bond acceptors (Lipinski definition) is 7. The van der Waals surface area contributed by atoms with Gasteiger partial charge in [-0.15, -0.1) is 0 Å². The highest BCUT2D eigenvalue weighted by Gasteiger charge is 2.28. The summed E-state index contributed by atoms with van der Waals surface area (Å²) in [6, 6.07) is 2.46. The fourth-order valence-electron chi connectivity index (χ4n) is 4.44. The molecule has 4 rings (SSSR count). The summed E-state index contributed by atoms with van der Waals surface area (Å²) in [6.45, 7) is 1.92. The average Bonchev–Trinajstić information content (AvgIpc) is 3.28. The van der Waals surface area contributed by atoms with Crippen LogP contribution in [0, 0.1) is 12.8 Å². The molecule has 9 heteroatoms. The van der Waals surface area contributed by atoms with E-state index in [0.29, 0.717) is 29.9 Å². The lowest BCUT2D eigenvalue weighted by Gasteiger charge is -2.35. The monoisotopic (exact) mass is 441 g/mol. The summed E-state index contributed by atoms with van der Waals surface area (Å²) in [6.07, 6.45) is 12.0. The van der Waals surface area contributed by atoms with Crippen LogP contribution in [0.1, 0.15) is 37.1 Å². The summed E-state index contributed by atoms with van der Waals surface area (Å²) >= 11 is 0. The second-order valence-electron chi connectivity index (χ2n) is 8.45. The van der Waals surface area contributed by atoms with E-state index in [2.05, 4.69) is 41.2 Å². The van der Waals surface area contributed by atoms with Crippen molar-refractivity contribution >= 4 is 26.6 Å². The highest BCUT2D eigenvalue weighted by Crippen LogP contribution is 2.32. The lowest BCUT2D eigenvalue weighted by molar-refractivity contribution is 0.342. The Bertz CT molecular complexity index is 1130. The molecule has 1 saturated carbocycles. The lowest BCUT2D eigenvalue weighted by atomic mass is 9.86. The van der Waals surface area contributed by atoms with Crippen molar-refractivity contribution in [1.29, 1.82) is 0 Å². The van der Waals surface area contributed by atoms with Crippen LogP contribution in [0.25, 0.3) is 11.0 Å². The second-order valence-corrected chi connectivity index (χ2v) is 11.1. The van der Waals surface area contributed by atoms with Crippen LogP contribution in [-0.2, 0) is 16.1 Å². The van der Waals surface area contributed by atoms with Crippen LogP contribution in [0.3, 0.4) is 0 Å². The summed E-state index contributed by atoms with van der Waals surface area (Å²) in [5.41, 5.74) is 2.65. The van der Waals surface area contributed by atoms with Gasteiger partial charge in [-0.3, -0.25) is 9.97 Å². The van der Waals surface area contributed by atoms with E-state index in [0.717, 1.165) is 53.9 Å². The third kappa shape index (κ3) is 5.03. The zero-order valence-corrected chi connectivity index (χ0v) is 19.3. The van der Waals surface area contributed by atoms with Gasteiger partial charge in [0.15, 0.2) is 0 Å². The van der Waals surface area contributed by atoms with Gasteiger partial charge in [0.05, 0.1) is 16.8 Å². The molecule has 1 N–H and O–H groups in total. The Morgan fingerprint density at radius 3 is 2.68 bits per heavy atom. The lowest BCUT2D eigenvalue weighted by Crippen LogP contribution is -2.37. The van der Waals surface area contributed by atoms with Crippen molar-refractivity contribution in [2.45, 2.75) is 45.1 Å². The third-order valence-corrected chi connectivity index (χ3v) is 8.87. The predicted molar refractivity (Wildman–Crippen MR) is 125 cm³/mol. The van der Waals surface area contributed by atoms with Crippen LogP contribution in [-0.4, -0.2) is 60.8 Å². The molecule has 1 fully saturated rings. The van der Waals surface area contributed by atoms with Crippen molar-refractivity contribution in [3.63, 3.8) is 0 Å². The molecule has 1 atom stereocenters. The summed E-state index contributed by atoms with van der Waals surface area (Å²) in [7, 11) is 1.58. The fourth-order valence-corrected chi connectivity index (χ4v) is 6.54. The molecule has 3 aromatic heterocycles. The molecular formula is C22H31N7OS. The van der Waals surface area contributed by atoms with Gasteiger partial charge in [0.1, 0.15) is 17.8 Å². The van der Waals surface area contributed by atoms with Crippen LogP contribution in [0.5, 0.6) is 0 Å². The van der Waals surface area contributed by atoms with E-state index in [-0.39, 0.29) is 0 Å². The number of nitrogens with zero attached hydrogens (tertiary/aromatic N) is 6. The first-order chi connectivity index (χ1) is 15.0. The Morgan fingerprint density at radius 2 is 1.97 bits per heavy atom. The van der Waals surface area contributed by atoms with E-state index < -0.39 is 9.73 Å². The topological polar surface area (TPSA) is 100 Å². The molecule has 3 aromatic rings. The molecule has 1 unspecified atom stereocenters. The van der Waals surface area contributed by atoms with Gasteiger partial charge in [0.25, 0.3) is 0 Å². The quantitative estimate of drug-likeness (QED) is 0.603. The summed E-state index contributed by atoms with van der Waals surface area (Å²) < 4.78 is 17.7. The molecule has 0 aliphatic heterocycles. The molecular weight excluding hydrogens is 410 g/mol. The SMILES string of the molecule is CN=S(=O)(CCc1cnc(C)cn1)CC1CCC(N(C)c2ncnc3[nH]ccc23)CC1. The van der Waals surface area contributed by atoms with Crippen molar-refractivity contribution in [1.82, 2.24) is 24.9 Å². The van der Waals surface area contributed by atoms with Gasteiger partial charge in [-0.05, 0) is 44.6 Å². The minimum absolute atomic E-state index is 0.432. The average molecular weight is 442 g/mol. The Balaban J connectivity index is 1.34. The number of H-pyrrole nitrogens is 1. The largest absolute Gasteiger partial charge is 0.356 e. The normalized spacial score (nSPS) is 21.0.